The quantitative estimate of drug-likeness (QED) is 0.425. The van der Waals surface area contributed by atoms with Gasteiger partial charge in [-0.15, -0.1) is 0 Å². The van der Waals surface area contributed by atoms with E-state index in [1.807, 2.05) is 0 Å². The molecule has 0 saturated carbocycles. The van der Waals surface area contributed by atoms with E-state index in [0.29, 0.717) is 34.2 Å². The molecule has 1 unspecified atom stereocenters. The Bertz CT molecular complexity index is 1200. The van der Waals surface area contributed by atoms with E-state index in [2.05, 4.69) is 10.4 Å². The van der Waals surface area contributed by atoms with Crippen molar-refractivity contribution in [3.8, 4) is 0 Å². The molecular formula is C25H26Cl2N4O4. The van der Waals surface area contributed by atoms with Crippen molar-refractivity contribution in [1.82, 2.24) is 10.4 Å². The molecule has 1 heterocycles. The number of halogens is 2. The second-order valence-corrected chi connectivity index (χ2v) is 8.78. The van der Waals surface area contributed by atoms with E-state index in [0.717, 1.165) is 0 Å². The summed E-state index contributed by atoms with van der Waals surface area (Å²) in [6.07, 6.45) is 3.24. The predicted octanol–water partition coefficient (Wildman–Crippen LogP) is 4.04. The Labute approximate surface area is 213 Å². The lowest BCUT2D eigenvalue weighted by Gasteiger charge is -2.31. The third-order valence-corrected chi connectivity index (χ3v) is 6.12. The van der Waals surface area contributed by atoms with E-state index in [1.165, 1.54) is 11.2 Å². The second-order valence-electron chi connectivity index (χ2n) is 7.96. The van der Waals surface area contributed by atoms with Gasteiger partial charge in [0, 0.05) is 30.6 Å². The van der Waals surface area contributed by atoms with Gasteiger partial charge in [-0.2, -0.15) is 0 Å². The number of benzene rings is 2. The molecule has 184 valence electrons. The number of amides is 2. The molecule has 0 fully saturated rings. The average Bonchev–Trinajstić information content (AvgIpc) is 2.81. The molecular weight excluding hydrogens is 491 g/mol. The van der Waals surface area contributed by atoms with Gasteiger partial charge in [0.15, 0.2) is 0 Å². The number of hydrazine groups is 1. The third-order valence-electron chi connectivity index (χ3n) is 5.53. The highest BCUT2D eigenvalue weighted by molar-refractivity contribution is 6.40. The van der Waals surface area contributed by atoms with Crippen molar-refractivity contribution in [1.29, 1.82) is 0 Å². The Balaban J connectivity index is 1.89. The molecule has 0 spiro atoms. The fraction of sp³-hybridized carbons (Fsp3) is 0.280. The molecule has 10 heteroatoms. The zero-order valence-electron chi connectivity index (χ0n) is 19.6. The normalized spacial score (nSPS) is 14.5. The zero-order chi connectivity index (χ0) is 25.7. The van der Waals surface area contributed by atoms with Crippen molar-refractivity contribution in [3.05, 3.63) is 74.4 Å². The van der Waals surface area contributed by atoms with Gasteiger partial charge >= 0.3 is 5.97 Å². The van der Waals surface area contributed by atoms with E-state index in [-0.39, 0.29) is 34.7 Å². The smallest absolute Gasteiger partial charge is 0.308 e. The standard InChI is InChI=1S/C25H26Cl2N4O4/c1-4-35-25(34)14(2)8-15-6-5-7-16-13-31(30-23(32)21(15)16)24(33)22-19(26)9-17(10-20(22)27)18(11-28)12-29-3/h5-7,9-12,14H,4,8,13,28H2,1-3H3,(H,30,32). The summed E-state index contributed by atoms with van der Waals surface area (Å²) in [5, 5.41) is 1.39. The van der Waals surface area contributed by atoms with Crippen LogP contribution in [0.25, 0.3) is 5.57 Å². The summed E-state index contributed by atoms with van der Waals surface area (Å²) in [6, 6.07) is 8.48. The van der Waals surface area contributed by atoms with Crippen LogP contribution in [-0.4, -0.2) is 42.7 Å². The minimum Gasteiger partial charge on any atom is -0.466 e. The Morgan fingerprint density at radius 1 is 1.29 bits per heavy atom. The summed E-state index contributed by atoms with van der Waals surface area (Å²) in [4.78, 5) is 42.3. The lowest BCUT2D eigenvalue weighted by molar-refractivity contribution is -0.147. The number of carbonyl (C=O) groups is 3. The number of nitrogens with zero attached hydrogens (tertiary/aromatic N) is 2. The van der Waals surface area contributed by atoms with Crippen molar-refractivity contribution >= 4 is 52.8 Å². The minimum atomic E-state index is -0.557. The number of aliphatic imine (C=N–C) groups is 1. The van der Waals surface area contributed by atoms with Crippen LogP contribution < -0.4 is 11.2 Å². The van der Waals surface area contributed by atoms with E-state index >= 15 is 0 Å². The highest BCUT2D eigenvalue weighted by Gasteiger charge is 2.31. The van der Waals surface area contributed by atoms with Gasteiger partial charge in [-0.3, -0.25) is 24.8 Å². The van der Waals surface area contributed by atoms with Crippen molar-refractivity contribution in [2.24, 2.45) is 16.6 Å². The number of hydrogen-bond donors (Lipinski definition) is 2. The molecule has 3 rings (SSSR count). The largest absolute Gasteiger partial charge is 0.466 e. The van der Waals surface area contributed by atoms with E-state index in [1.54, 1.807) is 57.4 Å². The number of allylic oxidation sites excluding steroid dienone is 1. The predicted molar refractivity (Wildman–Crippen MR) is 136 cm³/mol. The Kier molecular flexibility index (Phi) is 8.53. The first-order valence-corrected chi connectivity index (χ1v) is 11.7. The first-order chi connectivity index (χ1) is 16.7. The first-order valence-electron chi connectivity index (χ1n) is 10.9. The van der Waals surface area contributed by atoms with Crippen LogP contribution in [0.1, 0.15) is 51.3 Å². The van der Waals surface area contributed by atoms with Gasteiger partial charge in [0.05, 0.1) is 34.7 Å². The Morgan fingerprint density at radius 3 is 2.57 bits per heavy atom. The molecule has 2 aromatic rings. The molecule has 1 aliphatic heterocycles. The maximum atomic E-state index is 13.3. The monoisotopic (exact) mass is 516 g/mol. The number of ether oxygens (including phenoxy) is 1. The second kappa shape index (κ2) is 11.4. The maximum absolute atomic E-state index is 13.3. The minimum absolute atomic E-state index is 0.0535. The summed E-state index contributed by atoms with van der Waals surface area (Å²) in [5.41, 5.74) is 11.3. The highest BCUT2D eigenvalue weighted by atomic mass is 35.5. The summed E-state index contributed by atoms with van der Waals surface area (Å²) in [7, 11) is 1.60. The van der Waals surface area contributed by atoms with Crippen molar-refractivity contribution in [2.75, 3.05) is 13.7 Å². The van der Waals surface area contributed by atoms with Crippen LogP contribution in [0.15, 0.2) is 41.5 Å². The third kappa shape index (κ3) is 5.66. The van der Waals surface area contributed by atoms with E-state index in [9.17, 15) is 14.4 Å². The molecule has 0 aliphatic carbocycles. The number of nitrogens with two attached hydrogens (primary N) is 1. The topological polar surface area (TPSA) is 114 Å². The molecule has 8 nitrogen and oxygen atoms in total. The number of rotatable bonds is 7. The van der Waals surface area contributed by atoms with Gasteiger partial charge in [0.25, 0.3) is 11.8 Å². The molecule has 3 N–H and O–H groups in total. The number of fused-ring (bicyclic) bond motifs is 1. The van der Waals surface area contributed by atoms with Crippen molar-refractivity contribution < 1.29 is 19.1 Å². The van der Waals surface area contributed by atoms with Crippen LogP contribution in [0.5, 0.6) is 0 Å². The summed E-state index contributed by atoms with van der Waals surface area (Å²) in [5.74, 6) is -1.76. The lowest BCUT2D eigenvalue weighted by atomic mass is 9.92. The molecule has 0 aromatic heterocycles. The van der Waals surface area contributed by atoms with Crippen molar-refractivity contribution in [2.45, 2.75) is 26.8 Å². The van der Waals surface area contributed by atoms with Gasteiger partial charge in [0.1, 0.15) is 0 Å². The maximum Gasteiger partial charge on any atom is 0.308 e. The fourth-order valence-electron chi connectivity index (χ4n) is 3.89. The first kappa shape index (κ1) is 26.2. The van der Waals surface area contributed by atoms with Gasteiger partial charge in [-0.25, -0.2) is 5.01 Å². The molecule has 2 amide bonds. The van der Waals surface area contributed by atoms with E-state index < -0.39 is 17.7 Å². The van der Waals surface area contributed by atoms with Gasteiger partial charge in [0.2, 0.25) is 0 Å². The van der Waals surface area contributed by atoms with Crippen molar-refractivity contribution in [3.63, 3.8) is 0 Å². The van der Waals surface area contributed by atoms with Crippen LogP contribution in [0.3, 0.4) is 0 Å². The van der Waals surface area contributed by atoms with E-state index in [4.69, 9.17) is 33.7 Å². The number of nitrogens with one attached hydrogen (secondary N) is 1. The Hall–Kier alpha value is -3.36. The van der Waals surface area contributed by atoms with Crippen LogP contribution in [0.2, 0.25) is 10.0 Å². The van der Waals surface area contributed by atoms with Crippen LogP contribution in [0, 0.1) is 5.92 Å². The van der Waals surface area contributed by atoms with Crippen LogP contribution >= 0.6 is 23.2 Å². The Morgan fingerprint density at radius 2 is 1.97 bits per heavy atom. The molecule has 1 atom stereocenters. The number of esters is 1. The van der Waals surface area contributed by atoms with Gasteiger partial charge in [-0.05, 0) is 42.2 Å². The molecule has 35 heavy (non-hydrogen) atoms. The molecule has 2 aromatic carbocycles. The highest BCUT2D eigenvalue weighted by Crippen LogP contribution is 2.32. The van der Waals surface area contributed by atoms with Crippen LogP contribution in [-0.2, 0) is 22.5 Å². The average molecular weight is 517 g/mol. The fourth-order valence-corrected chi connectivity index (χ4v) is 4.54. The number of carbonyl (C=O) groups excluding carboxylic acids is 3. The molecule has 1 aliphatic rings. The van der Waals surface area contributed by atoms with Gasteiger partial charge < -0.3 is 10.5 Å². The SMILES string of the molecule is CCOC(=O)C(C)Cc1cccc2c1C(=O)NN(C(=O)c1c(Cl)cc(C(C=NC)=CN)cc1Cl)C2. The van der Waals surface area contributed by atoms with Gasteiger partial charge in [-0.1, -0.05) is 48.3 Å². The molecule has 0 saturated heterocycles. The van der Waals surface area contributed by atoms with Crippen LogP contribution in [0.4, 0.5) is 0 Å². The summed E-state index contributed by atoms with van der Waals surface area (Å²) >= 11 is 12.8. The summed E-state index contributed by atoms with van der Waals surface area (Å²) in [6.45, 7) is 3.88. The zero-order valence-corrected chi connectivity index (χ0v) is 21.1. The molecule has 0 bridgehead atoms. The summed E-state index contributed by atoms with van der Waals surface area (Å²) < 4.78 is 5.08. The lowest BCUT2D eigenvalue weighted by Crippen LogP contribution is -2.49. The molecule has 0 radical (unpaired) electrons. The number of hydrogen-bond acceptors (Lipinski definition) is 6.